The molecular weight excluding hydrogens is 296 g/mol. The molecule has 0 aromatic heterocycles. The van der Waals surface area contributed by atoms with Gasteiger partial charge in [-0.15, -0.1) is 0 Å². The number of nitrogens with zero attached hydrogens (tertiary/aromatic N) is 1. The van der Waals surface area contributed by atoms with Gasteiger partial charge < -0.3 is 0 Å². The molecule has 0 saturated heterocycles. The molecule has 5 N–H and O–H groups in total. The number of urea groups is 1. The molecular formula is C8H11N3O6P2. The molecule has 0 rings (SSSR count). The number of carboxylic acids is 1. The molecule has 11 heteroatoms. The standard InChI is InChI=1S/C8H11N3O6P2/c9-7(14)10-3-1-2-8(15,6(12)13)11(4-18-16)5-19-17/h15H,1-3H2,(H,12,13)(H3,9,10,14)/t8-/m1/s1. The number of hydrogen-bond donors (Lipinski definition) is 4. The Morgan fingerprint density at radius 1 is 1.32 bits per heavy atom. The van der Waals surface area contributed by atoms with Gasteiger partial charge in [0.25, 0.3) is 0 Å². The van der Waals surface area contributed by atoms with Crippen molar-refractivity contribution in [2.75, 3.05) is 6.54 Å². The van der Waals surface area contributed by atoms with Crippen LogP contribution in [0.2, 0.25) is 0 Å². The summed E-state index contributed by atoms with van der Waals surface area (Å²) in [6, 6.07) is -0.789. The Bertz CT molecular complexity index is 527. The molecule has 0 bridgehead atoms. The Kier molecular flexibility index (Phi) is 8.12. The first-order chi connectivity index (χ1) is 8.88. The molecule has 0 saturated carbocycles. The van der Waals surface area contributed by atoms with Gasteiger partial charge >= 0.3 is 109 Å². The normalized spacial score (nSPS) is 12.7. The SMILES string of the molecule is NC(=O)NCCC[C@@](O)(C(=O)O)N(C#P=O)C#P=O. The predicted molar refractivity (Wildman–Crippen MR) is 64.2 cm³/mol. The van der Waals surface area contributed by atoms with Crippen molar-refractivity contribution < 1.29 is 28.9 Å². The van der Waals surface area contributed by atoms with Crippen LogP contribution in [0.25, 0.3) is 0 Å². The van der Waals surface area contributed by atoms with E-state index in [0.717, 1.165) is 0 Å². The summed E-state index contributed by atoms with van der Waals surface area (Å²) in [6.45, 7) is 0.0307. The molecule has 0 aliphatic carbocycles. The van der Waals surface area contributed by atoms with E-state index in [-0.39, 0.29) is 19.4 Å². The van der Waals surface area contributed by atoms with Crippen molar-refractivity contribution in [3.8, 4) is 11.5 Å². The van der Waals surface area contributed by atoms with Crippen LogP contribution in [0.15, 0.2) is 0 Å². The fourth-order valence-corrected chi connectivity index (χ4v) is 1.80. The molecule has 0 fully saturated rings. The molecule has 0 aliphatic rings. The number of primary amides is 1. The van der Waals surface area contributed by atoms with Crippen LogP contribution >= 0.6 is 15.8 Å². The summed E-state index contributed by atoms with van der Waals surface area (Å²) >= 11 is 0. The second-order valence-electron chi connectivity index (χ2n) is 3.23. The van der Waals surface area contributed by atoms with Gasteiger partial charge in [-0.1, -0.05) is 0 Å². The van der Waals surface area contributed by atoms with Crippen molar-refractivity contribution in [1.82, 2.24) is 10.2 Å². The molecule has 0 aromatic carbocycles. The fourth-order valence-electron chi connectivity index (χ4n) is 1.13. The van der Waals surface area contributed by atoms with E-state index in [0.29, 0.717) is 4.90 Å². The zero-order chi connectivity index (χ0) is 14.9. The van der Waals surface area contributed by atoms with Gasteiger partial charge in [-0.2, -0.15) is 0 Å². The second-order valence-corrected chi connectivity index (χ2v) is 4.00. The van der Waals surface area contributed by atoms with Crippen molar-refractivity contribution in [3.63, 3.8) is 0 Å². The molecule has 104 valence electrons. The van der Waals surface area contributed by atoms with Crippen LogP contribution in [-0.4, -0.2) is 39.4 Å². The van der Waals surface area contributed by atoms with E-state index >= 15 is 0 Å². The number of nitrogens with one attached hydrogen (secondary N) is 1. The maximum absolute atomic E-state index is 11.0. The van der Waals surface area contributed by atoms with E-state index in [1.165, 1.54) is 0 Å². The molecule has 0 spiro atoms. The van der Waals surface area contributed by atoms with Crippen LogP contribution < -0.4 is 11.1 Å². The number of carboxylic acid groups (broad SMARTS) is 1. The van der Waals surface area contributed by atoms with Crippen molar-refractivity contribution in [1.29, 1.82) is 0 Å². The summed E-state index contributed by atoms with van der Waals surface area (Å²) in [5, 5.41) is 21.1. The van der Waals surface area contributed by atoms with Crippen LogP contribution in [0.4, 0.5) is 4.79 Å². The first-order valence-electron chi connectivity index (χ1n) is 4.83. The summed E-state index contributed by atoms with van der Waals surface area (Å²) in [5.74, 6) is 2.22. The van der Waals surface area contributed by atoms with E-state index in [9.17, 15) is 23.8 Å². The van der Waals surface area contributed by atoms with E-state index in [4.69, 9.17) is 10.8 Å². The van der Waals surface area contributed by atoms with Crippen molar-refractivity contribution in [2.24, 2.45) is 5.73 Å². The minimum atomic E-state index is -2.52. The van der Waals surface area contributed by atoms with Gasteiger partial charge in [-0.05, 0) is 0 Å². The average Bonchev–Trinajstić information content (AvgIpc) is 2.33. The van der Waals surface area contributed by atoms with Gasteiger partial charge in [0, 0.05) is 0 Å². The first kappa shape index (κ1) is 17.7. The van der Waals surface area contributed by atoms with Gasteiger partial charge in [0.05, 0.1) is 0 Å². The Balaban J connectivity index is 4.99. The number of hydrogen-bond acceptors (Lipinski definition) is 6. The fraction of sp³-hybridized carbons (Fsp3) is 0.500. The predicted octanol–water partition coefficient (Wildman–Crippen LogP) is -0.0731. The third-order valence-electron chi connectivity index (χ3n) is 2.00. The minimum absolute atomic E-state index is 0.0307. The molecule has 0 radical (unpaired) electrons. The van der Waals surface area contributed by atoms with Gasteiger partial charge in [0.2, 0.25) is 0 Å². The van der Waals surface area contributed by atoms with E-state index in [2.05, 4.69) is 5.32 Å². The number of aliphatic carboxylic acids is 1. The summed E-state index contributed by atoms with van der Waals surface area (Å²) in [5.41, 5.74) is 2.29. The van der Waals surface area contributed by atoms with E-state index in [1.807, 2.05) is 11.5 Å². The quantitative estimate of drug-likeness (QED) is 0.232. The number of amides is 2. The Morgan fingerprint density at radius 3 is 2.21 bits per heavy atom. The van der Waals surface area contributed by atoms with Crippen molar-refractivity contribution >= 4 is 27.8 Å². The molecule has 19 heavy (non-hydrogen) atoms. The summed E-state index contributed by atoms with van der Waals surface area (Å²) in [4.78, 5) is 21.9. The van der Waals surface area contributed by atoms with Crippen LogP contribution in [-0.2, 0) is 13.9 Å². The number of carbonyl (C=O) groups is 2. The first-order valence-corrected chi connectivity index (χ1v) is 6.46. The number of rotatable bonds is 6. The van der Waals surface area contributed by atoms with E-state index < -0.39 is 33.6 Å². The number of nitrogens with two attached hydrogens (primary N) is 1. The maximum atomic E-state index is 11.0. The molecule has 2 amide bonds. The number of carbonyl (C=O) groups excluding carboxylic acids is 1. The van der Waals surface area contributed by atoms with Gasteiger partial charge in [-0.3, -0.25) is 0 Å². The third-order valence-corrected chi connectivity index (χ3v) is 2.56. The molecule has 9 nitrogen and oxygen atoms in total. The van der Waals surface area contributed by atoms with Gasteiger partial charge in [0.1, 0.15) is 0 Å². The Morgan fingerprint density at radius 2 is 1.84 bits per heavy atom. The van der Waals surface area contributed by atoms with Crippen LogP contribution in [0.1, 0.15) is 12.8 Å². The molecule has 0 aliphatic heterocycles. The van der Waals surface area contributed by atoms with Crippen LogP contribution in [0, 0.1) is 11.5 Å². The zero-order valence-electron chi connectivity index (χ0n) is 9.57. The molecule has 0 heterocycles. The van der Waals surface area contributed by atoms with Crippen molar-refractivity contribution in [3.05, 3.63) is 0 Å². The number of aliphatic hydroxyl groups is 1. The Labute approximate surface area is 110 Å². The van der Waals surface area contributed by atoms with Gasteiger partial charge in [0.15, 0.2) is 0 Å². The van der Waals surface area contributed by atoms with Gasteiger partial charge in [-0.25, -0.2) is 0 Å². The average molecular weight is 307 g/mol. The van der Waals surface area contributed by atoms with Crippen molar-refractivity contribution in [2.45, 2.75) is 18.6 Å². The third kappa shape index (κ3) is 5.90. The topological polar surface area (TPSA) is 150 Å². The molecule has 1 atom stereocenters. The van der Waals surface area contributed by atoms with Crippen LogP contribution in [0.5, 0.6) is 0 Å². The summed E-state index contributed by atoms with van der Waals surface area (Å²) < 4.78 is 20.8. The monoisotopic (exact) mass is 307 g/mol. The Hall–Kier alpha value is -1.32. The summed E-state index contributed by atoms with van der Waals surface area (Å²) in [6.07, 6.45) is -0.315. The summed E-state index contributed by atoms with van der Waals surface area (Å²) in [7, 11) is -1.43. The molecule has 0 unspecified atom stereocenters. The van der Waals surface area contributed by atoms with Crippen LogP contribution in [0.3, 0.4) is 0 Å². The van der Waals surface area contributed by atoms with E-state index in [1.54, 1.807) is 0 Å². The zero-order valence-corrected chi connectivity index (χ0v) is 11.4. The second kappa shape index (κ2) is 8.73. The molecule has 0 aromatic rings.